The molecule has 1 spiro atoms. The topological polar surface area (TPSA) is 38.3 Å². The first-order chi connectivity index (χ1) is 9.70. The summed E-state index contributed by atoms with van der Waals surface area (Å²) < 4.78 is 5.40. The van der Waals surface area contributed by atoms with Gasteiger partial charge in [-0.05, 0) is 49.1 Å². The molecule has 1 atom stereocenters. The van der Waals surface area contributed by atoms with Crippen LogP contribution in [0.4, 0.5) is 0 Å². The Balaban J connectivity index is 1.46. The molecular formula is C17H23NO2. The standard InChI is InChI=1S/C17H23NO2/c1-13-4-2-3-5-14(13)6-7-16(19)18-15-12-17(15)8-10-20-11-9-17/h2-5,15H,6-12H2,1H3,(H,18,19). The van der Waals surface area contributed by atoms with Gasteiger partial charge in [-0.3, -0.25) is 4.79 Å². The molecule has 1 aliphatic heterocycles. The van der Waals surface area contributed by atoms with Crippen molar-refractivity contribution in [2.75, 3.05) is 13.2 Å². The molecule has 1 amide bonds. The minimum absolute atomic E-state index is 0.196. The van der Waals surface area contributed by atoms with Gasteiger partial charge in [0.05, 0.1) is 0 Å². The Morgan fingerprint density at radius 2 is 2.10 bits per heavy atom. The van der Waals surface area contributed by atoms with Crippen LogP contribution in [0.25, 0.3) is 0 Å². The lowest BCUT2D eigenvalue weighted by atomic mass is 9.96. The van der Waals surface area contributed by atoms with Crippen LogP contribution in [0.3, 0.4) is 0 Å². The fraction of sp³-hybridized carbons (Fsp3) is 0.588. The smallest absolute Gasteiger partial charge is 0.220 e. The molecule has 1 aromatic carbocycles. The second-order valence-corrected chi connectivity index (χ2v) is 6.23. The molecule has 3 rings (SSSR count). The van der Waals surface area contributed by atoms with Crippen molar-refractivity contribution in [2.45, 2.75) is 45.1 Å². The van der Waals surface area contributed by atoms with Crippen LogP contribution in [0.15, 0.2) is 24.3 Å². The van der Waals surface area contributed by atoms with Crippen molar-refractivity contribution in [2.24, 2.45) is 5.41 Å². The quantitative estimate of drug-likeness (QED) is 0.916. The van der Waals surface area contributed by atoms with Crippen LogP contribution in [0.1, 0.15) is 36.8 Å². The van der Waals surface area contributed by atoms with E-state index >= 15 is 0 Å². The Morgan fingerprint density at radius 3 is 2.85 bits per heavy atom. The zero-order valence-corrected chi connectivity index (χ0v) is 12.2. The maximum absolute atomic E-state index is 12.1. The normalized spacial score (nSPS) is 23.6. The van der Waals surface area contributed by atoms with Gasteiger partial charge in [-0.1, -0.05) is 24.3 Å². The van der Waals surface area contributed by atoms with E-state index in [9.17, 15) is 4.79 Å². The van der Waals surface area contributed by atoms with Crippen molar-refractivity contribution < 1.29 is 9.53 Å². The first-order valence-electron chi connectivity index (χ1n) is 7.61. The molecule has 1 aromatic rings. The Bertz CT molecular complexity index is 492. The number of aryl methyl sites for hydroxylation is 2. The Hall–Kier alpha value is -1.35. The molecule has 2 fully saturated rings. The molecule has 0 radical (unpaired) electrons. The van der Waals surface area contributed by atoms with Gasteiger partial charge in [-0.15, -0.1) is 0 Å². The molecule has 1 saturated carbocycles. The molecule has 1 unspecified atom stereocenters. The minimum Gasteiger partial charge on any atom is -0.381 e. The first kappa shape index (κ1) is 13.6. The molecule has 1 aliphatic carbocycles. The summed E-state index contributed by atoms with van der Waals surface area (Å²) in [5.74, 6) is 0.196. The summed E-state index contributed by atoms with van der Waals surface area (Å²) >= 11 is 0. The van der Waals surface area contributed by atoms with Gasteiger partial charge in [0.25, 0.3) is 0 Å². The summed E-state index contributed by atoms with van der Waals surface area (Å²) in [4.78, 5) is 12.1. The maximum atomic E-state index is 12.1. The third kappa shape index (κ3) is 2.88. The van der Waals surface area contributed by atoms with Gasteiger partial charge in [-0.2, -0.15) is 0 Å². The molecule has 3 heteroatoms. The number of nitrogens with one attached hydrogen (secondary N) is 1. The lowest BCUT2D eigenvalue weighted by Crippen LogP contribution is -2.32. The zero-order valence-electron chi connectivity index (χ0n) is 12.2. The van der Waals surface area contributed by atoms with Gasteiger partial charge in [0.2, 0.25) is 5.91 Å². The van der Waals surface area contributed by atoms with E-state index in [0.717, 1.165) is 38.9 Å². The summed E-state index contributed by atoms with van der Waals surface area (Å²) in [7, 11) is 0. The number of hydrogen-bond acceptors (Lipinski definition) is 2. The summed E-state index contributed by atoms with van der Waals surface area (Å²) in [5.41, 5.74) is 2.92. The molecule has 0 aromatic heterocycles. The largest absolute Gasteiger partial charge is 0.381 e. The van der Waals surface area contributed by atoms with E-state index in [4.69, 9.17) is 4.74 Å². The van der Waals surface area contributed by atoms with Crippen LogP contribution in [-0.2, 0) is 16.0 Å². The molecule has 0 bridgehead atoms. The van der Waals surface area contributed by atoms with Crippen LogP contribution < -0.4 is 5.32 Å². The highest BCUT2D eigenvalue weighted by molar-refractivity contribution is 5.77. The maximum Gasteiger partial charge on any atom is 0.220 e. The van der Waals surface area contributed by atoms with Crippen molar-refractivity contribution in [1.82, 2.24) is 5.32 Å². The van der Waals surface area contributed by atoms with Crippen molar-refractivity contribution in [3.63, 3.8) is 0 Å². The number of hydrogen-bond donors (Lipinski definition) is 1. The fourth-order valence-electron chi connectivity index (χ4n) is 3.29. The van der Waals surface area contributed by atoms with Crippen LogP contribution in [0.2, 0.25) is 0 Å². The summed E-state index contributed by atoms with van der Waals surface area (Å²) in [5, 5.41) is 3.21. The van der Waals surface area contributed by atoms with Crippen molar-refractivity contribution in [1.29, 1.82) is 0 Å². The molecule has 1 heterocycles. The van der Waals surface area contributed by atoms with E-state index in [1.54, 1.807) is 0 Å². The van der Waals surface area contributed by atoms with Gasteiger partial charge in [0.1, 0.15) is 0 Å². The average molecular weight is 273 g/mol. The van der Waals surface area contributed by atoms with E-state index in [-0.39, 0.29) is 5.91 Å². The van der Waals surface area contributed by atoms with E-state index in [1.165, 1.54) is 11.1 Å². The summed E-state index contributed by atoms with van der Waals surface area (Å²) in [6.07, 6.45) is 4.78. The van der Waals surface area contributed by atoms with E-state index < -0.39 is 0 Å². The second-order valence-electron chi connectivity index (χ2n) is 6.23. The Kier molecular flexibility index (Phi) is 3.79. The van der Waals surface area contributed by atoms with Crippen molar-refractivity contribution in [3.05, 3.63) is 35.4 Å². The number of carbonyl (C=O) groups excluding carboxylic acids is 1. The number of rotatable bonds is 4. The number of ether oxygens (including phenoxy) is 1. The predicted octanol–water partition coefficient (Wildman–Crippen LogP) is 2.61. The third-order valence-electron chi connectivity index (χ3n) is 4.90. The van der Waals surface area contributed by atoms with Crippen molar-refractivity contribution >= 4 is 5.91 Å². The molecule has 1 N–H and O–H groups in total. The molecular weight excluding hydrogens is 250 g/mol. The monoisotopic (exact) mass is 273 g/mol. The van der Waals surface area contributed by atoms with Gasteiger partial charge in [0, 0.05) is 25.7 Å². The molecule has 20 heavy (non-hydrogen) atoms. The van der Waals surface area contributed by atoms with Gasteiger partial charge in [-0.25, -0.2) is 0 Å². The Morgan fingerprint density at radius 1 is 1.35 bits per heavy atom. The lowest BCUT2D eigenvalue weighted by molar-refractivity contribution is -0.121. The van der Waals surface area contributed by atoms with E-state index in [0.29, 0.717) is 17.9 Å². The third-order valence-corrected chi connectivity index (χ3v) is 4.90. The van der Waals surface area contributed by atoms with Crippen molar-refractivity contribution in [3.8, 4) is 0 Å². The predicted molar refractivity (Wildman–Crippen MR) is 78.5 cm³/mol. The molecule has 1 saturated heterocycles. The van der Waals surface area contributed by atoms with Crippen LogP contribution >= 0.6 is 0 Å². The summed E-state index contributed by atoms with van der Waals surface area (Å²) in [6.45, 7) is 3.82. The number of benzene rings is 1. The van der Waals surface area contributed by atoms with Crippen LogP contribution in [0.5, 0.6) is 0 Å². The molecule has 3 nitrogen and oxygen atoms in total. The number of amides is 1. The zero-order chi connectivity index (χ0) is 14.0. The van der Waals surface area contributed by atoms with E-state index in [1.807, 2.05) is 12.1 Å². The lowest BCUT2D eigenvalue weighted by Gasteiger charge is -2.22. The highest BCUT2D eigenvalue weighted by Gasteiger charge is 2.54. The van der Waals surface area contributed by atoms with Crippen LogP contribution in [-0.4, -0.2) is 25.2 Å². The van der Waals surface area contributed by atoms with Crippen LogP contribution in [0, 0.1) is 12.3 Å². The minimum atomic E-state index is 0.196. The molecule has 108 valence electrons. The SMILES string of the molecule is Cc1ccccc1CCC(=O)NC1CC12CCOCC2. The van der Waals surface area contributed by atoms with Gasteiger partial charge >= 0.3 is 0 Å². The highest BCUT2D eigenvalue weighted by atomic mass is 16.5. The highest BCUT2D eigenvalue weighted by Crippen LogP contribution is 2.53. The fourth-order valence-corrected chi connectivity index (χ4v) is 3.29. The second kappa shape index (κ2) is 5.57. The van der Waals surface area contributed by atoms with Gasteiger partial charge < -0.3 is 10.1 Å². The number of carbonyl (C=O) groups is 1. The summed E-state index contributed by atoms with van der Waals surface area (Å²) in [6, 6.07) is 8.69. The average Bonchev–Trinajstić information content (AvgIpc) is 3.10. The van der Waals surface area contributed by atoms with Gasteiger partial charge in [0.15, 0.2) is 0 Å². The first-order valence-corrected chi connectivity index (χ1v) is 7.61. The van der Waals surface area contributed by atoms with E-state index in [2.05, 4.69) is 24.4 Å². The Labute approximate surface area is 120 Å². The molecule has 2 aliphatic rings.